The second-order valence-corrected chi connectivity index (χ2v) is 9.90. The van der Waals surface area contributed by atoms with Crippen molar-refractivity contribution in [3.8, 4) is 22.5 Å². The van der Waals surface area contributed by atoms with Crippen LogP contribution >= 0.6 is 0 Å². The normalized spacial score (nSPS) is 13.8. The molecule has 1 fully saturated rings. The molecule has 5 aromatic rings. The Balaban J connectivity index is 1.38. The van der Waals surface area contributed by atoms with Crippen molar-refractivity contribution in [3.63, 3.8) is 0 Å². The van der Waals surface area contributed by atoms with Crippen LogP contribution in [0.15, 0.2) is 90.0 Å². The van der Waals surface area contributed by atoms with E-state index in [-0.39, 0.29) is 17.5 Å². The molecule has 0 atom stereocenters. The van der Waals surface area contributed by atoms with Gasteiger partial charge in [0.2, 0.25) is 0 Å². The van der Waals surface area contributed by atoms with Crippen molar-refractivity contribution in [2.75, 3.05) is 31.1 Å². The number of pyridine rings is 2. The Kier molecular flexibility index (Phi) is 6.40. The summed E-state index contributed by atoms with van der Waals surface area (Å²) in [5.41, 5.74) is 4.27. The third-order valence-corrected chi connectivity index (χ3v) is 7.04. The summed E-state index contributed by atoms with van der Waals surface area (Å²) in [6, 6.07) is 22.6. The lowest BCUT2D eigenvalue weighted by Crippen LogP contribution is -2.49. The Morgan fingerprint density at radius 1 is 0.872 bits per heavy atom. The maximum atomic E-state index is 13.6. The van der Waals surface area contributed by atoms with Crippen LogP contribution in [0, 0.1) is 0 Å². The largest absolute Gasteiger partial charge is 0.353 e. The molecule has 0 unspecified atom stereocenters. The summed E-state index contributed by atoms with van der Waals surface area (Å²) in [6.07, 6.45) is 3.61. The van der Waals surface area contributed by atoms with Crippen molar-refractivity contribution in [1.82, 2.24) is 29.3 Å². The van der Waals surface area contributed by atoms with Gasteiger partial charge in [-0.3, -0.25) is 9.59 Å². The summed E-state index contributed by atoms with van der Waals surface area (Å²) in [6.45, 7) is 6.53. The van der Waals surface area contributed by atoms with E-state index in [0.717, 1.165) is 41.2 Å². The molecule has 0 radical (unpaired) electrons. The summed E-state index contributed by atoms with van der Waals surface area (Å²) >= 11 is 0. The molecule has 1 aromatic carbocycles. The number of hydrogen-bond donors (Lipinski definition) is 0. The average molecular weight is 520 g/mol. The van der Waals surface area contributed by atoms with Gasteiger partial charge < -0.3 is 9.80 Å². The maximum Gasteiger partial charge on any atom is 0.267 e. The molecule has 9 nitrogen and oxygen atoms in total. The van der Waals surface area contributed by atoms with Crippen molar-refractivity contribution in [2.45, 2.75) is 19.9 Å². The van der Waals surface area contributed by atoms with E-state index in [0.29, 0.717) is 24.3 Å². The van der Waals surface area contributed by atoms with E-state index < -0.39 is 0 Å². The minimum absolute atomic E-state index is 0.0216. The molecule has 0 N–H and O–H groups in total. The first-order valence-electron chi connectivity index (χ1n) is 13.1. The van der Waals surface area contributed by atoms with E-state index in [1.165, 1.54) is 10.7 Å². The minimum Gasteiger partial charge on any atom is -0.353 e. The van der Waals surface area contributed by atoms with Crippen LogP contribution < -0.4 is 10.5 Å². The topological polar surface area (TPSA) is 88.6 Å². The fraction of sp³-hybridized carbons (Fsp3) is 0.233. The van der Waals surface area contributed by atoms with Crippen LogP contribution in [0.1, 0.15) is 30.2 Å². The van der Waals surface area contributed by atoms with Crippen LogP contribution in [0.5, 0.6) is 0 Å². The first-order valence-corrected chi connectivity index (χ1v) is 13.1. The van der Waals surface area contributed by atoms with Crippen molar-refractivity contribution >= 4 is 17.2 Å². The lowest BCUT2D eigenvalue weighted by Gasteiger charge is -2.35. The Morgan fingerprint density at radius 2 is 1.64 bits per heavy atom. The molecule has 6 rings (SSSR count). The first kappa shape index (κ1) is 24.5. The van der Waals surface area contributed by atoms with Crippen LogP contribution in [-0.2, 0) is 0 Å². The maximum absolute atomic E-state index is 13.6. The van der Waals surface area contributed by atoms with Gasteiger partial charge in [-0.15, -0.1) is 0 Å². The molecule has 9 heteroatoms. The Morgan fingerprint density at radius 3 is 2.36 bits per heavy atom. The van der Waals surface area contributed by atoms with Gasteiger partial charge in [-0.1, -0.05) is 36.4 Å². The number of carbonyl (C=O) groups excluding carboxylic acids is 1. The van der Waals surface area contributed by atoms with Gasteiger partial charge in [0.05, 0.1) is 22.8 Å². The highest BCUT2D eigenvalue weighted by Crippen LogP contribution is 2.34. The number of benzene rings is 1. The molecule has 1 aliphatic rings. The van der Waals surface area contributed by atoms with Crippen molar-refractivity contribution < 1.29 is 4.79 Å². The van der Waals surface area contributed by atoms with Gasteiger partial charge in [-0.2, -0.15) is 10.2 Å². The predicted octanol–water partition coefficient (Wildman–Crippen LogP) is 4.16. The number of carbonyl (C=O) groups is 1. The summed E-state index contributed by atoms with van der Waals surface area (Å²) in [5, 5.41) is 9.56. The first-order chi connectivity index (χ1) is 19.0. The van der Waals surface area contributed by atoms with E-state index in [2.05, 4.69) is 9.88 Å². The number of aromatic nitrogens is 5. The zero-order valence-electron chi connectivity index (χ0n) is 21.9. The van der Waals surface area contributed by atoms with E-state index in [9.17, 15) is 9.59 Å². The molecular formula is C30H29N7O2. The lowest BCUT2D eigenvalue weighted by atomic mass is 10.0. The molecule has 1 aliphatic heterocycles. The summed E-state index contributed by atoms with van der Waals surface area (Å²) in [4.78, 5) is 34.6. The number of anilines is 1. The molecule has 39 heavy (non-hydrogen) atoms. The van der Waals surface area contributed by atoms with E-state index >= 15 is 0 Å². The zero-order valence-corrected chi connectivity index (χ0v) is 21.9. The number of hydrogen-bond acceptors (Lipinski definition) is 6. The molecule has 0 spiro atoms. The zero-order chi connectivity index (χ0) is 26.9. The monoisotopic (exact) mass is 519 g/mol. The summed E-state index contributed by atoms with van der Waals surface area (Å²) in [7, 11) is 0. The van der Waals surface area contributed by atoms with Gasteiger partial charge in [-0.25, -0.2) is 14.2 Å². The smallest absolute Gasteiger partial charge is 0.267 e. The molecule has 0 saturated carbocycles. The highest BCUT2D eigenvalue weighted by atomic mass is 16.2. The predicted molar refractivity (Wildman–Crippen MR) is 151 cm³/mol. The Bertz CT molecular complexity index is 1690. The highest BCUT2D eigenvalue weighted by molar-refractivity contribution is 5.98. The molecule has 1 saturated heterocycles. The number of rotatable bonds is 5. The molecule has 0 bridgehead atoms. The van der Waals surface area contributed by atoms with Gasteiger partial charge in [0.1, 0.15) is 11.5 Å². The van der Waals surface area contributed by atoms with E-state index in [1.807, 2.05) is 85.6 Å². The summed E-state index contributed by atoms with van der Waals surface area (Å²) < 4.78 is 3.25. The van der Waals surface area contributed by atoms with Gasteiger partial charge in [-0.05, 0) is 44.2 Å². The fourth-order valence-electron chi connectivity index (χ4n) is 5.02. The lowest BCUT2D eigenvalue weighted by molar-refractivity contribution is 0.0746. The van der Waals surface area contributed by atoms with Crippen LogP contribution in [0.3, 0.4) is 0 Å². The van der Waals surface area contributed by atoms with Crippen LogP contribution in [0.25, 0.3) is 28.0 Å². The average Bonchev–Trinajstić information content (AvgIpc) is 3.37. The van der Waals surface area contributed by atoms with Gasteiger partial charge in [0.15, 0.2) is 0 Å². The number of piperazine rings is 1. The fourth-order valence-corrected chi connectivity index (χ4v) is 5.02. The molecule has 196 valence electrons. The van der Waals surface area contributed by atoms with Gasteiger partial charge in [0, 0.05) is 55.8 Å². The molecular weight excluding hydrogens is 490 g/mol. The standard InChI is InChI=1S/C30H29N7O2/c1-21(2)37-27(38)12-11-24(32-37)28-25-20-23(13-15-36(25)33-29(28)22-8-4-3-5-9-22)30(39)35-18-16-34(17-19-35)26-10-6-7-14-31-26/h3-15,20-21H,16-19H2,1-2H3. The van der Waals surface area contributed by atoms with Crippen LogP contribution in [0.4, 0.5) is 5.82 Å². The number of nitrogens with zero attached hydrogens (tertiary/aromatic N) is 7. The molecule has 1 amide bonds. The van der Waals surface area contributed by atoms with Gasteiger partial charge in [0.25, 0.3) is 11.5 Å². The quantitative estimate of drug-likeness (QED) is 0.346. The second kappa shape index (κ2) is 10.2. The second-order valence-electron chi connectivity index (χ2n) is 9.90. The molecule has 0 aliphatic carbocycles. The van der Waals surface area contributed by atoms with Crippen molar-refractivity contribution in [2.24, 2.45) is 0 Å². The van der Waals surface area contributed by atoms with Crippen LogP contribution in [-0.4, -0.2) is 61.4 Å². The van der Waals surface area contributed by atoms with Crippen molar-refractivity contribution in [3.05, 3.63) is 101 Å². The SMILES string of the molecule is CC(C)n1nc(-c2c(-c3ccccc3)nn3ccc(C(=O)N4CCN(c5ccccn5)CC4)cc23)ccc1=O. The van der Waals surface area contributed by atoms with E-state index in [4.69, 9.17) is 10.2 Å². The van der Waals surface area contributed by atoms with E-state index in [1.54, 1.807) is 16.8 Å². The third kappa shape index (κ3) is 4.67. The molecule has 4 aromatic heterocycles. The highest BCUT2D eigenvalue weighted by Gasteiger charge is 2.25. The number of amides is 1. The third-order valence-electron chi connectivity index (χ3n) is 7.04. The van der Waals surface area contributed by atoms with Crippen LogP contribution in [0.2, 0.25) is 0 Å². The minimum atomic E-state index is -0.160. The Labute approximate surface area is 226 Å². The Hall–Kier alpha value is -4.79. The molecule has 5 heterocycles. The van der Waals surface area contributed by atoms with Crippen molar-refractivity contribution in [1.29, 1.82) is 0 Å². The summed E-state index contributed by atoms with van der Waals surface area (Å²) in [5.74, 6) is 0.908. The number of fused-ring (bicyclic) bond motifs is 1. The van der Waals surface area contributed by atoms with Gasteiger partial charge >= 0.3 is 0 Å².